The van der Waals surface area contributed by atoms with Crippen molar-refractivity contribution >= 4 is 46.2 Å². The number of hydrogen-bond acceptors (Lipinski definition) is 9. The number of halogens is 2. The van der Waals surface area contributed by atoms with Crippen molar-refractivity contribution < 1.29 is 28.5 Å². The molecule has 44 heavy (non-hydrogen) atoms. The number of anilines is 3. The highest BCUT2D eigenvalue weighted by molar-refractivity contribution is 6.33. The van der Waals surface area contributed by atoms with Gasteiger partial charge in [-0.15, -0.1) is 0 Å². The summed E-state index contributed by atoms with van der Waals surface area (Å²) in [5.74, 6) is -0.827. The van der Waals surface area contributed by atoms with Crippen LogP contribution in [0.15, 0.2) is 59.1 Å². The van der Waals surface area contributed by atoms with Crippen molar-refractivity contribution in [2.45, 2.75) is 13.3 Å². The smallest absolute Gasteiger partial charge is 0.257 e. The van der Waals surface area contributed by atoms with Gasteiger partial charge in [-0.3, -0.25) is 9.59 Å². The van der Waals surface area contributed by atoms with Crippen LogP contribution in [0.2, 0.25) is 5.02 Å². The Labute approximate surface area is 256 Å². The molecule has 0 bridgehead atoms. The number of benzene rings is 3. The minimum Gasteiger partial charge on any atom is -0.628 e. The molecular formula is C30H29ClFN6O6-. The van der Waals surface area contributed by atoms with Gasteiger partial charge in [0.2, 0.25) is 0 Å². The molecule has 0 unspecified atom stereocenters. The van der Waals surface area contributed by atoms with E-state index in [0.29, 0.717) is 28.5 Å². The molecule has 0 radical (unpaired) electrons. The summed E-state index contributed by atoms with van der Waals surface area (Å²) in [5, 5.41) is 34.4. The molecular weight excluding hydrogens is 595 g/mol. The lowest BCUT2D eigenvalue weighted by molar-refractivity contribution is -0.714. The van der Waals surface area contributed by atoms with Gasteiger partial charge in [-0.2, -0.15) is 0 Å². The number of rotatable bonds is 11. The Morgan fingerprint density at radius 1 is 1.09 bits per heavy atom. The Morgan fingerprint density at radius 3 is 2.55 bits per heavy atom. The highest BCUT2D eigenvalue weighted by atomic mass is 35.5. The van der Waals surface area contributed by atoms with E-state index < -0.39 is 22.9 Å². The molecule has 2 heterocycles. The number of aromatic nitrogens is 1. The number of ether oxygens (including phenoxy) is 1. The summed E-state index contributed by atoms with van der Waals surface area (Å²) >= 11 is 6.31. The van der Waals surface area contributed by atoms with Gasteiger partial charge < -0.3 is 45.8 Å². The Kier molecular flexibility index (Phi) is 9.30. The quantitative estimate of drug-likeness (QED) is 0.141. The molecule has 3 aromatic carbocycles. The molecule has 4 N–H and O–H groups in total. The molecule has 0 atom stereocenters. The summed E-state index contributed by atoms with van der Waals surface area (Å²) in [6.45, 7) is 3.43. The lowest BCUT2D eigenvalue weighted by Gasteiger charge is -2.33. The number of methoxy groups -OCH3 is 1. The van der Waals surface area contributed by atoms with Crippen LogP contribution in [-0.2, 0) is 0 Å². The van der Waals surface area contributed by atoms with Gasteiger partial charge in [0.1, 0.15) is 34.3 Å². The summed E-state index contributed by atoms with van der Waals surface area (Å²) in [5.41, 5.74) is 1.44. The SMILES string of the molecule is COc1ccccc1-c1noc(C)c1C(=O)NCCNc1cc(NC(=O)c2ccc(N3CCC3)c(F)c2)c([NH+]([O-])[O-])cc1Cl. The minimum atomic E-state index is -1.56. The highest BCUT2D eigenvalue weighted by Gasteiger charge is 2.24. The van der Waals surface area contributed by atoms with Crippen molar-refractivity contribution in [2.24, 2.45) is 0 Å². The first-order valence-corrected chi connectivity index (χ1v) is 14.1. The van der Waals surface area contributed by atoms with E-state index in [0.717, 1.165) is 31.6 Å². The minimum absolute atomic E-state index is 0.0137. The van der Waals surface area contributed by atoms with Gasteiger partial charge in [-0.25, -0.2) is 4.39 Å². The monoisotopic (exact) mass is 623 g/mol. The fourth-order valence-electron chi connectivity index (χ4n) is 4.76. The maximum Gasteiger partial charge on any atom is 0.257 e. The van der Waals surface area contributed by atoms with E-state index in [1.165, 1.54) is 25.3 Å². The number of quaternary nitrogens is 1. The second-order valence-electron chi connectivity index (χ2n) is 9.97. The van der Waals surface area contributed by atoms with Gasteiger partial charge in [0, 0.05) is 43.4 Å². The third kappa shape index (κ3) is 6.45. The van der Waals surface area contributed by atoms with Crippen LogP contribution in [0.4, 0.5) is 27.1 Å². The molecule has 1 aliphatic heterocycles. The number of carbonyl (C=O) groups excluding carboxylic acids is 2. The number of carbonyl (C=O) groups is 2. The zero-order chi connectivity index (χ0) is 31.4. The number of aryl methyl sites for hydroxylation is 1. The zero-order valence-corrected chi connectivity index (χ0v) is 24.6. The van der Waals surface area contributed by atoms with Crippen LogP contribution in [0.3, 0.4) is 0 Å². The third-order valence-electron chi connectivity index (χ3n) is 7.16. The summed E-state index contributed by atoms with van der Waals surface area (Å²) < 4.78 is 25.3. The van der Waals surface area contributed by atoms with Crippen LogP contribution in [0, 0.1) is 23.2 Å². The molecule has 4 aromatic rings. The van der Waals surface area contributed by atoms with Crippen LogP contribution in [0.1, 0.15) is 32.9 Å². The molecule has 2 amide bonds. The molecule has 0 aliphatic carbocycles. The molecule has 1 saturated heterocycles. The molecule has 0 spiro atoms. The number of nitrogens with one attached hydrogen (secondary N) is 4. The van der Waals surface area contributed by atoms with Gasteiger partial charge in [-0.05, 0) is 49.7 Å². The van der Waals surface area contributed by atoms with Crippen molar-refractivity contribution in [1.82, 2.24) is 10.5 Å². The first kappa shape index (κ1) is 30.8. The lowest BCUT2D eigenvalue weighted by atomic mass is 10.0. The molecule has 1 fully saturated rings. The Bertz CT molecular complexity index is 1690. The standard InChI is InChI=1S/C30H29ClFN6O6/c1-17-27(28(36-44-17)19-6-3-4-7-26(19)43-2)30(40)34-11-10-33-22-16-23(25(38(41)42)15-20(22)31)35-29(39)18-8-9-24(21(32)14-18)37-12-5-13-37/h3-4,6-9,14-16,33,38H,5,10-13H2,1-2H3,(H,34,40)(H,35,39)/q-1. The van der Waals surface area contributed by atoms with Crippen LogP contribution in [-0.4, -0.2) is 50.3 Å². The number of amides is 2. The summed E-state index contributed by atoms with van der Waals surface area (Å²) in [7, 11) is 1.52. The topological polar surface area (TPSA) is 159 Å². The van der Waals surface area contributed by atoms with E-state index in [1.54, 1.807) is 31.2 Å². The van der Waals surface area contributed by atoms with E-state index in [2.05, 4.69) is 21.1 Å². The van der Waals surface area contributed by atoms with E-state index in [-0.39, 0.29) is 46.3 Å². The summed E-state index contributed by atoms with van der Waals surface area (Å²) in [6.07, 6.45) is 0.972. The summed E-state index contributed by atoms with van der Waals surface area (Å²) in [4.78, 5) is 27.9. The van der Waals surface area contributed by atoms with E-state index in [9.17, 15) is 24.4 Å². The number of hydrogen-bond donors (Lipinski definition) is 4. The van der Waals surface area contributed by atoms with Crippen LogP contribution in [0.5, 0.6) is 5.75 Å². The van der Waals surface area contributed by atoms with E-state index >= 15 is 0 Å². The largest absolute Gasteiger partial charge is 0.628 e. The van der Waals surface area contributed by atoms with Crippen molar-refractivity contribution in [2.75, 3.05) is 48.8 Å². The van der Waals surface area contributed by atoms with Gasteiger partial charge in [0.25, 0.3) is 11.8 Å². The lowest BCUT2D eigenvalue weighted by Crippen LogP contribution is -2.96. The van der Waals surface area contributed by atoms with Crippen molar-refractivity contribution in [3.63, 3.8) is 0 Å². The molecule has 12 nitrogen and oxygen atoms in total. The molecule has 5 rings (SSSR count). The number of para-hydroxylation sites is 1. The second-order valence-corrected chi connectivity index (χ2v) is 10.4. The van der Waals surface area contributed by atoms with E-state index in [4.69, 9.17) is 20.9 Å². The van der Waals surface area contributed by atoms with Crippen LogP contribution >= 0.6 is 11.6 Å². The third-order valence-corrected chi connectivity index (χ3v) is 7.47. The predicted octanol–water partition coefficient (Wildman–Crippen LogP) is 4.27. The normalized spacial score (nSPS) is 12.6. The Hall–Kier alpha value is -4.69. The highest BCUT2D eigenvalue weighted by Crippen LogP contribution is 2.34. The first-order valence-electron chi connectivity index (χ1n) is 13.7. The van der Waals surface area contributed by atoms with Gasteiger partial charge in [-0.1, -0.05) is 28.9 Å². The summed E-state index contributed by atoms with van der Waals surface area (Å²) in [6, 6.07) is 13.7. The van der Waals surface area contributed by atoms with Gasteiger partial charge >= 0.3 is 0 Å². The predicted molar refractivity (Wildman–Crippen MR) is 164 cm³/mol. The first-order chi connectivity index (χ1) is 21.2. The zero-order valence-electron chi connectivity index (χ0n) is 23.8. The maximum absolute atomic E-state index is 14.6. The maximum atomic E-state index is 14.6. The molecule has 230 valence electrons. The number of nitrogens with zero attached hydrogens (tertiary/aromatic N) is 2. The van der Waals surface area contributed by atoms with E-state index in [1.807, 2.05) is 4.90 Å². The fourth-order valence-corrected chi connectivity index (χ4v) is 4.99. The second kappa shape index (κ2) is 13.3. The van der Waals surface area contributed by atoms with Crippen molar-refractivity contribution in [3.8, 4) is 17.0 Å². The molecule has 14 heteroatoms. The molecule has 1 aromatic heterocycles. The average molecular weight is 624 g/mol. The van der Waals surface area contributed by atoms with Crippen molar-refractivity contribution in [3.05, 3.63) is 92.7 Å². The Balaban J connectivity index is 1.25. The van der Waals surface area contributed by atoms with Crippen LogP contribution in [0.25, 0.3) is 11.3 Å². The van der Waals surface area contributed by atoms with Gasteiger partial charge in [0.15, 0.2) is 5.69 Å². The molecule has 1 aliphatic rings. The Morgan fingerprint density at radius 2 is 1.86 bits per heavy atom. The van der Waals surface area contributed by atoms with Crippen LogP contribution < -0.4 is 30.8 Å². The molecule has 0 saturated carbocycles. The fraction of sp³-hybridized carbons (Fsp3) is 0.233. The average Bonchev–Trinajstić information content (AvgIpc) is 3.37. The van der Waals surface area contributed by atoms with Crippen molar-refractivity contribution in [1.29, 1.82) is 0 Å². The van der Waals surface area contributed by atoms with Gasteiger partial charge in [0.05, 0.1) is 23.5 Å².